The van der Waals surface area contributed by atoms with Crippen LogP contribution < -0.4 is 10.6 Å². The molecule has 1 aromatic carbocycles. The Labute approximate surface area is 168 Å². The van der Waals surface area contributed by atoms with E-state index in [1.165, 1.54) is 4.88 Å². The third-order valence-electron chi connectivity index (χ3n) is 4.85. The second-order valence-electron chi connectivity index (χ2n) is 6.66. The summed E-state index contributed by atoms with van der Waals surface area (Å²) in [5, 5.41) is 8.00. The van der Waals surface area contributed by atoms with Crippen molar-refractivity contribution < 1.29 is 9.59 Å². The maximum atomic E-state index is 11.9. The molecule has 1 saturated heterocycles. The van der Waals surface area contributed by atoms with Crippen molar-refractivity contribution in [2.75, 3.05) is 26.2 Å². The van der Waals surface area contributed by atoms with Crippen molar-refractivity contribution in [2.24, 2.45) is 0 Å². The van der Waals surface area contributed by atoms with Crippen molar-refractivity contribution >= 4 is 34.8 Å². The van der Waals surface area contributed by atoms with E-state index in [-0.39, 0.29) is 6.54 Å². The molecule has 1 aliphatic rings. The Morgan fingerprint density at radius 3 is 2.52 bits per heavy atom. The van der Waals surface area contributed by atoms with Gasteiger partial charge in [-0.3, -0.25) is 9.59 Å². The zero-order valence-corrected chi connectivity index (χ0v) is 16.7. The molecule has 0 radical (unpaired) electrons. The molecular formula is C20H24ClN3O2S. The Hall–Kier alpha value is -1.89. The van der Waals surface area contributed by atoms with E-state index in [9.17, 15) is 9.59 Å². The molecule has 1 aliphatic heterocycles. The molecule has 0 aliphatic carbocycles. The van der Waals surface area contributed by atoms with Crippen LogP contribution in [0.3, 0.4) is 0 Å². The fourth-order valence-electron chi connectivity index (χ4n) is 3.27. The van der Waals surface area contributed by atoms with Crippen LogP contribution in [0.5, 0.6) is 0 Å². The summed E-state index contributed by atoms with van der Waals surface area (Å²) < 4.78 is 0. The second-order valence-corrected chi connectivity index (χ2v) is 8.05. The summed E-state index contributed by atoms with van der Waals surface area (Å²) in [5.41, 5.74) is 0.786. The predicted molar refractivity (Wildman–Crippen MR) is 109 cm³/mol. The van der Waals surface area contributed by atoms with Crippen molar-refractivity contribution in [3.63, 3.8) is 0 Å². The van der Waals surface area contributed by atoms with E-state index >= 15 is 0 Å². The van der Waals surface area contributed by atoms with E-state index in [0.717, 1.165) is 38.0 Å². The molecule has 0 bridgehead atoms. The van der Waals surface area contributed by atoms with Crippen molar-refractivity contribution in [1.82, 2.24) is 15.5 Å². The highest BCUT2D eigenvalue weighted by atomic mass is 35.5. The number of carbonyl (C=O) groups excluding carboxylic acids is 2. The second kappa shape index (κ2) is 9.88. The van der Waals surface area contributed by atoms with Crippen molar-refractivity contribution in [3.05, 3.63) is 57.2 Å². The first kappa shape index (κ1) is 19.9. The maximum Gasteiger partial charge on any atom is 0.309 e. The molecule has 2 aromatic rings. The highest BCUT2D eigenvalue weighted by molar-refractivity contribution is 7.10. The summed E-state index contributed by atoms with van der Waals surface area (Å²) in [6, 6.07) is 11.6. The summed E-state index contributed by atoms with van der Waals surface area (Å²) in [6.07, 6.45) is 2.29. The van der Waals surface area contributed by atoms with Gasteiger partial charge in [-0.05, 0) is 54.9 Å². The molecule has 3 rings (SSSR count). The van der Waals surface area contributed by atoms with E-state index < -0.39 is 11.8 Å². The number of rotatable bonds is 6. The molecule has 27 heavy (non-hydrogen) atoms. The monoisotopic (exact) mass is 405 g/mol. The molecule has 1 fully saturated rings. The minimum Gasteiger partial charge on any atom is -0.347 e. The molecule has 0 spiro atoms. The van der Waals surface area contributed by atoms with Gasteiger partial charge < -0.3 is 15.5 Å². The molecule has 5 nitrogen and oxygen atoms in total. The molecule has 7 heteroatoms. The minimum absolute atomic E-state index is 0.238. The van der Waals surface area contributed by atoms with Crippen molar-refractivity contribution in [2.45, 2.75) is 25.3 Å². The highest BCUT2D eigenvalue weighted by Crippen LogP contribution is 2.30. The topological polar surface area (TPSA) is 61.4 Å². The molecule has 144 valence electrons. The predicted octanol–water partition coefficient (Wildman–Crippen LogP) is 3.01. The van der Waals surface area contributed by atoms with E-state index in [1.807, 2.05) is 29.5 Å². The number of nitrogens with zero attached hydrogens (tertiary/aromatic N) is 1. The lowest BCUT2D eigenvalue weighted by atomic mass is 9.95. The van der Waals surface area contributed by atoms with Crippen molar-refractivity contribution in [3.8, 4) is 0 Å². The number of halogens is 1. The Morgan fingerprint density at radius 1 is 1.07 bits per heavy atom. The first-order valence-electron chi connectivity index (χ1n) is 9.18. The van der Waals surface area contributed by atoms with Gasteiger partial charge in [0.25, 0.3) is 0 Å². The van der Waals surface area contributed by atoms with Gasteiger partial charge in [-0.1, -0.05) is 35.9 Å². The van der Waals surface area contributed by atoms with Crippen LogP contribution in [0.4, 0.5) is 0 Å². The Bertz CT molecular complexity index is 758. The fraction of sp³-hybridized carbons (Fsp3) is 0.400. The highest BCUT2D eigenvalue weighted by Gasteiger charge is 2.21. The van der Waals surface area contributed by atoms with Gasteiger partial charge in [0, 0.05) is 29.5 Å². The molecule has 2 N–H and O–H groups in total. The molecule has 1 aromatic heterocycles. The third kappa shape index (κ3) is 5.79. The number of thiophene rings is 1. The molecule has 2 heterocycles. The lowest BCUT2D eigenvalue weighted by Crippen LogP contribution is -2.44. The van der Waals surface area contributed by atoms with Crippen LogP contribution in [-0.2, 0) is 16.1 Å². The number of hydrogen-bond donors (Lipinski definition) is 2. The summed E-state index contributed by atoms with van der Waals surface area (Å²) >= 11 is 7.87. The van der Waals surface area contributed by atoms with E-state index in [2.05, 4.69) is 33.0 Å². The molecule has 0 unspecified atom stereocenters. The number of piperidine rings is 1. The summed E-state index contributed by atoms with van der Waals surface area (Å²) in [7, 11) is 0. The van der Waals surface area contributed by atoms with Crippen LogP contribution >= 0.6 is 22.9 Å². The first-order valence-corrected chi connectivity index (χ1v) is 10.4. The average molecular weight is 406 g/mol. The van der Waals surface area contributed by atoms with E-state index in [1.54, 1.807) is 6.07 Å². The zero-order chi connectivity index (χ0) is 19.1. The third-order valence-corrected chi connectivity index (χ3v) is 6.25. The Morgan fingerprint density at radius 2 is 1.81 bits per heavy atom. The smallest absolute Gasteiger partial charge is 0.309 e. The van der Waals surface area contributed by atoms with Gasteiger partial charge in [-0.15, -0.1) is 11.3 Å². The number of likely N-dealkylation sites (tertiary alicyclic amines) is 1. The van der Waals surface area contributed by atoms with Gasteiger partial charge in [0.2, 0.25) is 0 Å². The minimum atomic E-state index is -0.633. The largest absolute Gasteiger partial charge is 0.347 e. The normalized spacial score (nSPS) is 15.4. The van der Waals surface area contributed by atoms with E-state index in [4.69, 9.17) is 11.6 Å². The van der Waals surface area contributed by atoms with Gasteiger partial charge >= 0.3 is 11.8 Å². The van der Waals surface area contributed by atoms with Crippen LogP contribution in [0.1, 0.15) is 29.2 Å². The quantitative estimate of drug-likeness (QED) is 0.726. The number of benzene rings is 1. The van der Waals surface area contributed by atoms with Crippen LogP contribution in [-0.4, -0.2) is 42.9 Å². The SMILES string of the molecule is O=C(NCCN1CCC(c2cccs2)CC1)C(=O)NCc1ccccc1Cl. The summed E-state index contributed by atoms with van der Waals surface area (Å²) in [5.74, 6) is -0.576. The average Bonchev–Trinajstić information content (AvgIpc) is 3.22. The van der Waals surface area contributed by atoms with Crippen LogP contribution in [0.15, 0.2) is 41.8 Å². The Kier molecular flexibility index (Phi) is 7.26. The zero-order valence-electron chi connectivity index (χ0n) is 15.1. The van der Waals surface area contributed by atoms with Gasteiger partial charge in [-0.25, -0.2) is 0 Å². The molecule has 0 atom stereocenters. The lowest BCUT2D eigenvalue weighted by Gasteiger charge is -2.31. The molecule has 2 amide bonds. The maximum absolute atomic E-state index is 11.9. The number of hydrogen-bond acceptors (Lipinski definition) is 4. The standard InChI is InChI=1S/C20H24ClN3O2S/c21-17-5-2-1-4-16(17)14-23-20(26)19(25)22-9-12-24-10-7-15(8-11-24)18-6-3-13-27-18/h1-6,13,15H,7-12,14H2,(H,22,25)(H,23,26). The number of nitrogens with one attached hydrogen (secondary N) is 2. The lowest BCUT2D eigenvalue weighted by molar-refractivity contribution is -0.139. The van der Waals surface area contributed by atoms with Crippen LogP contribution in [0.2, 0.25) is 5.02 Å². The fourth-order valence-corrected chi connectivity index (χ4v) is 4.37. The molecule has 0 saturated carbocycles. The van der Waals surface area contributed by atoms with Gasteiger partial charge in [0.05, 0.1) is 0 Å². The molecular weight excluding hydrogens is 382 g/mol. The first-order chi connectivity index (χ1) is 13.1. The van der Waals surface area contributed by atoms with Crippen molar-refractivity contribution in [1.29, 1.82) is 0 Å². The van der Waals surface area contributed by atoms with E-state index in [0.29, 0.717) is 17.5 Å². The van der Waals surface area contributed by atoms with Gasteiger partial charge in [0.15, 0.2) is 0 Å². The Balaban J connectivity index is 1.32. The van der Waals surface area contributed by atoms with Gasteiger partial charge in [-0.2, -0.15) is 0 Å². The van der Waals surface area contributed by atoms with Gasteiger partial charge in [0.1, 0.15) is 0 Å². The van der Waals surface area contributed by atoms with Crippen LogP contribution in [0, 0.1) is 0 Å². The number of carbonyl (C=O) groups is 2. The summed E-state index contributed by atoms with van der Waals surface area (Å²) in [4.78, 5) is 27.6. The van der Waals surface area contributed by atoms with Crippen LogP contribution in [0.25, 0.3) is 0 Å². The number of amides is 2. The summed E-state index contributed by atoms with van der Waals surface area (Å²) in [6.45, 7) is 3.53.